The van der Waals surface area contributed by atoms with E-state index in [1.807, 2.05) is 19.6 Å². The van der Waals surface area contributed by atoms with Gasteiger partial charge in [-0.15, -0.1) is 11.3 Å². The Morgan fingerprint density at radius 2 is 1.52 bits per heavy atom. The topological polar surface area (TPSA) is 29.5 Å². The lowest BCUT2D eigenvalue weighted by Gasteiger charge is -2.36. The van der Waals surface area contributed by atoms with Crippen molar-refractivity contribution in [1.29, 1.82) is 0 Å². The van der Waals surface area contributed by atoms with E-state index in [0.717, 1.165) is 15.8 Å². The minimum Gasteiger partial charge on any atom is -0.416 e. The Labute approximate surface area is 155 Å². The number of hydrogen-bond acceptors (Lipinski definition) is 3. The van der Waals surface area contributed by atoms with Gasteiger partial charge in [0.2, 0.25) is 0 Å². The molecule has 1 aromatic rings. The first-order valence-electron chi connectivity index (χ1n) is 8.49. The number of thiophene rings is 1. The molecule has 8 heteroatoms. The van der Waals surface area contributed by atoms with Crippen molar-refractivity contribution in [2.45, 2.75) is 77.7 Å². The second-order valence-electron chi connectivity index (χ2n) is 8.98. The monoisotopic (exact) mass is 412 g/mol. The molecule has 0 aliphatic rings. The van der Waals surface area contributed by atoms with Gasteiger partial charge < -0.3 is 9.53 Å². The molecule has 25 heavy (non-hydrogen) atoms. The van der Waals surface area contributed by atoms with Gasteiger partial charge in [0.15, 0.2) is 8.32 Å². The zero-order chi connectivity index (χ0) is 19.8. The van der Waals surface area contributed by atoms with Crippen LogP contribution in [0, 0.1) is 0 Å². The molecule has 0 atom stereocenters. The third-order valence-corrected chi connectivity index (χ3v) is 14.3. The standard InChI is InChI=1S/C17H31F3O2SSi2/c1-16(2,3)25(7,8)22-10-9-12-13(11-21)14(17(18,19)20)23-15(12)24(4,5)6/h21H,9-11H2,1-8H3. The number of hydrogen-bond donors (Lipinski definition) is 1. The Morgan fingerprint density at radius 1 is 1.00 bits per heavy atom. The minimum atomic E-state index is -4.42. The average Bonchev–Trinajstić information content (AvgIpc) is 2.75. The molecule has 1 heterocycles. The molecule has 1 rings (SSSR count). The summed E-state index contributed by atoms with van der Waals surface area (Å²) in [6.45, 7) is 16.6. The molecule has 0 aliphatic carbocycles. The summed E-state index contributed by atoms with van der Waals surface area (Å²) in [4.78, 5) is -0.644. The van der Waals surface area contributed by atoms with Crippen molar-refractivity contribution in [1.82, 2.24) is 0 Å². The summed E-state index contributed by atoms with van der Waals surface area (Å²) in [6.07, 6.45) is -4.00. The van der Waals surface area contributed by atoms with Crippen LogP contribution >= 0.6 is 11.3 Å². The van der Waals surface area contributed by atoms with Crippen molar-refractivity contribution in [3.05, 3.63) is 16.0 Å². The highest BCUT2D eigenvalue weighted by Crippen LogP contribution is 2.39. The van der Waals surface area contributed by atoms with Gasteiger partial charge in [-0.1, -0.05) is 40.4 Å². The van der Waals surface area contributed by atoms with Crippen molar-refractivity contribution < 1.29 is 22.7 Å². The molecule has 0 unspecified atom stereocenters. The summed E-state index contributed by atoms with van der Waals surface area (Å²) >= 11 is 0.821. The molecule has 146 valence electrons. The van der Waals surface area contributed by atoms with Gasteiger partial charge in [0.1, 0.15) is 4.88 Å². The van der Waals surface area contributed by atoms with Crippen LogP contribution in [0.3, 0.4) is 0 Å². The average molecular weight is 413 g/mol. The Kier molecular flexibility index (Phi) is 6.83. The first-order valence-corrected chi connectivity index (χ1v) is 15.7. The number of aliphatic hydroxyl groups excluding tert-OH is 1. The van der Waals surface area contributed by atoms with Crippen LogP contribution in [0.2, 0.25) is 37.8 Å². The minimum absolute atomic E-state index is 0.0498. The molecular weight excluding hydrogens is 381 g/mol. The molecule has 0 saturated heterocycles. The van der Waals surface area contributed by atoms with Crippen LogP contribution in [-0.2, 0) is 23.6 Å². The van der Waals surface area contributed by atoms with Crippen LogP contribution in [0.25, 0.3) is 0 Å². The Bertz CT molecular complexity index is 597. The van der Waals surface area contributed by atoms with Crippen molar-refractivity contribution >= 4 is 32.2 Å². The van der Waals surface area contributed by atoms with E-state index >= 15 is 0 Å². The lowest BCUT2D eigenvalue weighted by atomic mass is 10.1. The van der Waals surface area contributed by atoms with Crippen LogP contribution in [-0.4, -0.2) is 28.1 Å². The molecule has 0 aromatic carbocycles. The fourth-order valence-electron chi connectivity index (χ4n) is 2.39. The highest BCUT2D eigenvalue weighted by Gasteiger charge is 2.40. The molecule has 0 fully saturated rings. The van der Waals surface area contributed by atoms with E-state index in [1.165, 1.54) is 0 Å². The number of rotatable bonds is 6. The van der Waals surface area contributed by atoms with E-state index in [4.69, 9.17) is 4.43 Å². The fourth-order valence-corrected chi connectivity index (χ4v) is 7.13. The second kappa shape index (κ2) is 7.46. The molecule has 0 amide bonds. The molecule has 1 N–H and O–H groups in total. The van der Waals surface area contributed by atoms with Gasteiger partial charge in [-0.05, 0) is 34.6 Å². The summed E-state index contributed by atoms with van der Waals surface area (Å²) in [5, 5.41) is 9.68. The van der Waals surface area contributed by atoms with E-state index < -0.39 is 34.1 Å². The van der Waals surface area contributed by atoms with Gasteiger partial charge in [0.05, 0.1) is 14.7 Å². The third-order valence-electron chi connectivity index (χ3n) is 4.83. The van der Waals surface area contributed by atoms with E-state index in [0.29, 0.717) is 18.6 Å². The third kappa shape index (κ3) is 5.41. The van der Waals surface area contributed by atoms with Crippen LogP contribution in [0.5, 0.6) is 0 Å². The SMILES string of the molecule is CC(C)(C)[Si](C)(C)OCCc1c([Si](C)(C)C)sc(C(F)(F)F)c1CO. The fraction of sp³-hybridized carbons (Fsp3) is 0.765. The van der Waals surface area contributed by atoms with Crippen LogP contribution < -0.4 is 4.50 Å². The predicted molar refractivity (Wildman–Crippen MR) is 105 cm³/mol. The summed E-state index contributed by atoms with van der Waals surface area (Å²) in [5.74, 6) is 0. The summed E-state index contributed by atoms with van der Waals surface area (Å²) in [7, 11) is -3.90. The number of aliphatic hydroxyl groups is 1. The van der Waals surface area contributed by atoms with Crippen molar-refractivity contribution in [2.24, 2.45) is 0 Å². The Balaban J connectivity index is 3.19. The van der Waals surface area contributed by atoms with Crippen molar-refractivity contribution in [2.75, 3.05) is 6.61 Å². The maximum atomic E-state index is 13.4. The lowest BCUT2D eigenvalue weighted by Crippen LogP contribution is -2.42. The van der Waals surface area contributed by atoms with Gasteiger partial charge in [-0.2, -0.15) is 13.2 Å². The highest BCUT2D eigenvalue weighted by atomic mass is 32.1. The van der Waals surface area contributed by atoms with Gasteiger partial charge >= 0.3 is 6.18 Å². The quantitative estimate of drug-likeness (QED) is 0.637. The van der Waals surface area contributed by atoms with E-state index in [-0.39, 0.29) is 10.6 Å². The maximum absolute atomic E-state index is 13.4. The Hall–Kier alpha value is -0.156. The molecule has 0 saturated carbocycles. The summed E-state index contributed by atoms with van der Waals surface area (Å²) in [5.41, 5.74) is 0.714. The summed E-state index contributed by atoms with van der Waals surface area (Å²) in [6, 6.07) is 0. The van der Waals surface area contributed by atoms with Gasteiger partial charge in [0, 0.05) is 12.2 Å². The summed E-state index contributed by atoms with van der Waals surface area (Å²) < 4.78 is 47.1. The van der Waals surface area contributed by atoms with Crippen molar-refractivity contribution in [3.63, 3.8) is 0 Å². The first kappa shape index (κ1) is 22.9. The normalized spacial score (nSPS) is 14.2. The molecular formula is C17H31F3O2SSi2. The van der Waals surface area contributed by atoms with E-state index in [9.17, 15) is 18.3 Å². The number of halogens is 3. The number of alkyl halides is 3. The van der Waals surface area contributed by atoms with Crippen molar-refractivity contribution in [3.8, 4) is 0 Å². The molecule has 1 aromatic heterocycles. The van der Waals surface area contributed by atoms with Crippen LogP contribution in [0.1, 0.15) is 36.8 Å². The molecule has 0 bridgehead atoms. The Morgan fingerprint density at radius 3 is 1.88 bits per heavy atom. The maximum Gasteiger partial charge on any atom is 0.425 e. The van der Waals surface area contributed by atoms with Gasteiger partial charge in [0.25, 0.3) is 0 Å². The highest BCUT2D eigenvalue weighted by molar-refractivity contribution is 7.27. The van der Waals surface area contributed by atoms with E-state index in [2.05, 4.69) is 33.9 Å². The second-order valence-corrected chi connectivity index (χ2v) is 20.2. The molecule has 0 spiro atoms. The van der Waals surface area contributed by atoms with Crippen LogP contribution in [0.15, 0.2) is 0 Å². The molecule has 0 radical (unpaired) electrons. The van der Waals surface area contributed by atoms with E-state index in [1.54, 1.807) is 0 Å². The molecule has 0 aliphatic heterocycles. The first-order chi connectivity index (χ1) is 11.0. The zero-order valence-electron chi connectivity index (χ0n) is 16.5. The predicted octanol–water partition coefficient (Wildman–Crippen LogP) is 5.37. The van der Waals surface area contributed by atoms with Crippen LogP contribution in [0.4, 0.5) is 13.2 Å². The largest absolute Gasteiger partial charge is 0.425 e. The zero-order valence-corrected chi connectivity index (χ0v) is 19.3. The van der Waals surface area contributed by atoms with Gasteiger partial charge in [-0.3, -0.25) is 0 Å². The smallest absolute Gasteiger partial charge is 0.416 e. The lowest BCUT2D eigenvalue weighted by molar-refractivity contribution is -0.135. The molecule has 2 nitrogen and oxygen atoms in total. The van der Waals surface area contributed by atoms with Gasteiger partial charge in [-0.25, -0.2) is 0 Å².